The topological polar surface area (TPSA) is 38.3 Å². The molecule has 0 radical (unpaired) electrons. The molecule has 23 heavy (non-hydrogen) atoms. The van der Waals surface area contributed by atoms with E-state index in [1.807, 2.05) is 56.3 Å². The highest BCUT2D eigenvalue weighted by Gasteiger charge is 2.03. The Bertz CT molecular complexity index is 653. The molecular formula is C19H22ClNO2. The van der Waals surface area contributed by atoms with Gasteiger partial charge >= 0.3 is 0 Å². The first-order valence-corrected chi connectivity index (χ1v) is 8.13. The average molecular weight is 332 g/mol. The zero-order valence-electron chi connectivity index (χ0n) is 13.6. The van der Waals surface area contributed by atoms with E-state index in [0.29, 0.717) is 26.0 Å². The van der Waals surface area contributed by atoms with Crippen molar-refractivity contribution >= 4 is 17.5 Å². The lowest BCUT2D eigenvalue weighted by Gasteiger charge is -2.08. The van der Waals surface area contributed by atoms with Crippen LogP contribution in [0.3, 0.4) is 0 Å². The molecule has 0 atom stereocenters. The molecule has 0 spiro atoms. The minimum atomic E-state index is 0.0430. The Morgan fingerprint density at radius 3 is 2.57 bits per heavy atom. The number of ether oxygens (including phenoxy) is 1. The molecule has 122 valence electrons. The number of rotatable bonds is 7. The molecule has 0 bridgehead atoms. The van der Waals surface area contributed by atoms with Gasteiger partial charge in [-0.2, -0.15) is 0 Å². The predicted molar refractivity (Wildman–Crippen MR) is 93.9 cm³/mol. The van der Waals surface area contributed by atoms with Crippen LogP contribution < -0.4 is 10.1 Å². The Kier molecular flexibility index (Phi) is 6.48. The van der Waals surface area contributed by atoms with Crippen LogP contribution in [0.1, 0.15) is 29.5 Å². The summed E-state index contributed by atoms with van der Waals surface area (Å²) in [6.45, 7) is 5.06. The minimum absolute atomic E-state index is 0.0430. The van der Waals surface area contributed by atoms with Crippen molar-refractivity contribution < 1.29 is 9.53 Å². The molecule has 0 aliphatic heterocycles. The molecule has 2 rings (SSSR count). The summed E-state index contributed by atoms with van der Waals surface area (Å²) >= 11 is 5.97. The van der Waals surface area contributed by atoms with Crippen LogP contribution in [0.15, 0.2) is 42.5 Å². The van der Waals surface area contributed by atoms with Gasteiger partial charge in [0.15, 0.2) is 0 Å². The summed E-state index contributed by atoms with van der Waals surface area (Å²) in [4.78, 5) is 11.8. The van der Waals surface area contributed by atoms with E-state index in [2.05, 4.69) is 5.32 Å². The third-order valence-corrected chi connectivity index (χ3v) is 3.98. The molecule has 0 fully saturated rings. The summed E-state index contributed by atoms with van der Waals surface area (Å²) in [6, 6.07) is 13.7. The van der Waals surface area contributed by atoms with Gasteiger partial charge in [-0.15, -0.1) is 0 Å². The average Bonchev–Trinajstić information content (AvgIpc) is 2.54. The van der Waals surface area contributed by atoms with Crippen molar-refractivity contribution in [1.29, 1.82) is 0 Å². The van der Waals surface area contributed by atoms with Gasteiger partial charge in [-0.3, -0.25) is 4.79 Å². The van der Waals surface area contributed by atoms with E-state index in [1.54, 1.807) is 0 Å². The molecule has 2 aromatic rings. The second-order valence-corrected chi connectivity index (χ2v) is 6.03. The molecule has 0 saturated carbocycles. The molecule has 0 saturated heterocycles. The van der Waals surface area contributed by atoms with Gasteiger partial charge < -0.3 is 10.1 Å². The highest BCUT2D eigenvalue weighted by atomic mass is 35.5. The molecule has 1 N–H and O–H groups in total. The lowest BCUT2D eigenvalue weighted by atomic mass is 10.1. The van der Waals surface area contributed by atoms with Crippen LogP contribution in [0.4, 0.5) is 0 Å². The smallest absolute Gasteiger partial charge is 0.220 e. The number of carbonyl (C=O) groups is 1. The van der Waals surface area contributed by atoms with Crippen molar-refractivity contribution in [3.05, 3.63) is 64.2 Å². The number of halogens is 1. The van der Waals surface area contributed by atoms with Gasteiger partial charge in [0.25, 0.3) is 0 Å². The van der Waals surface area contributed by atoms with Crippen molar-refractivity contribution in [3.63, 3.8) is 0 Å². The summed E-state index contributed by atoms with van der Waals surface area (Å²) in [7, 11) is 0. The zero-order valence-corrected chi connectivity index (χ0v) is 14.3. The number of hydrogen-bond acceptors (Lipinski definition) is 2. The largest absolute Gasteiger partial charge is 0.494 e. The Labute approximate surface area is 142 Å². The highest BCUT2D eigenvalue weighted by molar-refractivity contribution is 6.31. The standard InChI is InChI=1S/C19H22ClNO2/c1-14-5-7-16(8-6-14)13-21-19(22)4-3-11-23-17-9-10-18(20)15(2)12-17/h5-10,12H,3-4,11,13H2,1-2H3,(H,21,22). The van der Waals surface area contributed by atoms with E-state index in [9.17, 15) is 4.79 Å². The predicted octanol–water partition coefficient (Wildman–Crippen LogP) is 4.43. The number of benzene rings is 2. The maximum absolute atomic E-state index is 11.8. The van der Waals surface area contributed by atoms with Crippen LogP contribution in [0.5, 0.6) is 5.75 Å². The van der Waals surface area contributed by atoms with E-state index in [0.717, 1.165) is 21.9 Å². The second-order valence-electron chi connectivity index (χ2n) is 5.63. The van der Waals surface area contributed by atoms with Gasteiger partial charge in [0.1, 0.15) is 5.75 Å². The van der Waals surface area contributed by atoms with Gasteiger partial charge in [-0.25, -0.2) is 0 Å². The Morgan fingerprint density at radius 2 is 1.87 bits per heavy atom. The second kappa shape index (κ2) is 8.59. The van der Waals surface area contributed by atoms with Gasteiger partial charge in [0, 0.05) is 18.0 Å². The van der Waals surface area contributed by atoms with Crippen molar-refractivity contribution in [2.75, 3.05) is 6.61 Å². The first kappa shape index (κ1) is 17.4. The van der Waals surface area contributed by atoms with E-state index in [-0.39, 0.29) is 5.91 Å². The lowest BCUT2D eigenvalue weighted by molar-refractivity contribution is -0.121. The van der Waals surface area contributed by atoms with E-state index in [4.69, 9.17) is 16.3 Å². The molecule has 0 heterocycles. The molecule has 0 aliphatic rings. The first-order valence-electron chi connectivity index (χ1n) is 7.76. The summed E-state index contributed by atoms with van der Waals surface area (Å²) in [6.07, 6.45) is 1.14. The lowest BCUT2D eigenvalue weighted by Crippen LogP contribution is -2.22. The van der Waals surface area contributed by atoms with Crippen molar-refractivity contribution in [2.45, 2.75) is 33.2 Å². The molecule has 4 heteroatoms. The number of nitrogens with one attached hydrogen (secondary N) is 1. The van der Waals surface area contributed by atoms with Crippen molar-refractivity contribution in [2.24, 2.45) is 0 Å². The molecule has 2 aromatic carbocycles. The molecule has 0 aliphatic carbocycles. The fourth-order valence-corrected chi connectivity index (χ4v) is 2.24. The van der Waals surface area contributed by atoms with Gasteiger partial charge in [-0.1, -0.05) is 41.4 Å². The number of amides is 1. The molecule has 0 aromatic heterocycles. The molecule has 0 unspecified atom stereocenters. The van der Waals surface area contributed by atoms with Crippen LogP contribution in [-0.4, -0.2) is 12.5 Å². The van der Waals surface area contributed by atoms with Crippen LogP contribution in [0.2, 0.25) is 5.02 Å². The monoisotopic (exact) mass is 331 g/mol. The summed E-state index contributed by atoms with van der Waals surface area (Å²) in [5.74, 6) is 0.827. The summed E-state index contributed by atoms with van der Waals surface area (Å²) in [5.41, 5.74) is 3.31. The quantitative estimate of drug-likeness (QED) is 0.762. The van der Waals surface area contributed by atoms with Crippen LogP contribution in [0, 0.1) is 13.8 Å². The van der Waals surface area contributed by atoms with Crippen molar-refractivity contribution in [3.8, 4) is 5.75 Å². The van der Waals surface area contributed by atoms with E-state index in [1.165, 1.54) is 5.56 Å². The maximum atomic E-state index is 11.8. The maximum Gasteiger partial charge on any atom is 0.220 e. The Balaban J connectivity index is 1.64. The highest BCUT2D eigenvalue weighted by Crippen LogP contribution is 2.21. The molecule has 3 nitrogen and oxygen atoms in total. The third kappa shape index (κ3) is 5.95. The van der Waals surface area contributed by atoms with Crippen LogP contribution in [0.25, 0.3) is 0 Å². The number of carbonyl (C=O) groups excluding carboxylic acids is 1. The Morgan fingerprint density at radius 1 is 1.13 bits per heavy atom. The van der Waals surface area contributed by atoms with Gasteiger partial charge in [-0.05, 0) is 49.6 Å². The SMILES string of the molecule is Cc1ccc(CNC(=O)CCCOc2ccc(Cl)c(C)c2)cc1. The fraction of sp³-hybridized carbons (Fsp3) is 0.316. The van der Waals surface area contributed by atoms with Crippen LogP contribution >= 0.6 is 11.6 Å². The normalized spacial score (nSPS) is 10.4. The van der Waals surface area contributed by atoms with Crippen LogP contribution in [-0.2, 0) is 11.3 Å². The summed E-state index contributed by atoms with van der Waals surface area (Å²) in [5, 5.41) is 3.65. The fourth-order valence-electron chi connectivity index (χ4n) is 2.12. The minimum Gasteiger partial charge on any atom is -0.494 e. The number of hydrogen-bond donors (Lipinski definition) is 1. The van der Waals surface area contributed by atoms with E-state index < -0.39 is 0 Å². The Hall–Kier alpha value is -2.00. The zero-order chi connectivity index (χ0) is 16.7. The van der Waals surface area contributed by atoms with Gasteiger partial charge in [0.05, 0.1) is 6.61 Å². The van der Waals surface area contributed by atoms with E-state index >= 15 is 0 Å². The van der Waals surface area contributed by atoms with Crippen molar-refractivity contribution in [1.82, 2.24) is 5.32 Å². The molecule has 1 amide bonds. The number of aryl methyl sites for hydroxylation is 2. The summed E-state index contributed by atoms with van der Waals surface area (Å²) < 4.78 is 5.63. The third-order valence-electron chi connectivity index (χ3n) is 3.56. The van der Waals surface area contributed by atoms with Gasteiger partial charge in [0.2, 0.25) is 5.91 Å². The first-order chi connectivity index (χ1) is 11.0. The molecular weight excluding hydrogens is 310 g/mol.